The predicted molar refractivity (Wildman–Crippen MR) is 125 cm³/mol. The number of rotatable bonds is 5. The maximum absolute atomic E-state index is 13.4. The van der Waals surface area contributed by atoms with Gasteiger partial charge in [0.15, 0.2) is 0 Å². The average molecular weight is 458 g/mol. The molecule has 0 spiro atoms. The summed E-state index contributed by atoms with van der Waals surface area (Å²) in [6.45, 7) is 9.01. The summed E-state index contributed by atoms with van der Waals surface area (Å²) in [5, 5.41) is 5.16. The van der Waals surface area contributed by atoms with E-state index in [1.54, 1.807) is 6.20 Å². The minimum atomic E-state index is 0.00369. The van der Waals surface area contributed by atoms with E-state index in [4.69, 9.17) is 11.6 Å². The van der Waals surface area contributed by atoms with Crippen LogP contribution in [0.3, 0.4) is 0 Å². The highest BCUT2D eigenvalue weighted by Gasteiger charge is 2.29. The molecule has 2 aromatic rings. The van der Waals surface area contributed by atoms with E-state index in [0.29, 0.717) is 43.3 Å². The molecule has 0 saturated carbocycles. The lowest BCUT2D eigenvalue weighted by atomic mass is 10.0. The van der Waals surface area contributed by atoms with E-state index in [1.165, 1.54) is 6.42 Å². The van der Waals surface area contributed by atoms with Crippen LogP contribution in [-0.2, 0) is 4.79 Å². The van der Waals surface area contributed by atoms with Crippen molar-refractivity contribution in [3.05, 3.63) is 46.7 Å². The first kappa shape index (κ1) is 22.8. The maximum Gasteiger partial charge on any atom is 0.257 e. The lowest BCUT2D eigenvalue weighted by molar-refractivity contribution is -0.133. The number of carbonyl (C=O) groups excluding carboxylic acids is 2. The van der Waals surface area contributed by atoms with Crippen LogP contribution in [0.4, 0.5) is 0 Å². The van der Waals surface area contributed by atoms with E-state index in [-0.39, 0.29) is 17.7 Å². The molecule has 3 heterocycles. The molecule has 2 aliphatic rings. The third-order valence-corrected chi connectivity index (χ3v) is 6.60. The highest BCUT2D eigenvalue weighted by Crippen LogP contribution is 2.26. The molecule has 2 amide bonds. The van der Waals surface area contributed by atoms with Crippen LogP contribution in [0.1, 0.15) is 55.1 Å². The molecule has 0 radical (unpaired) electrons. The largest absolute Gasteiger partial charge is 0.342 e. The van der Waals surface area contributed by atoms with Gasteiger partial charge in [-0.05, 0) is 43.4 Å². The summed E-state index contributed by atoms with van der Waals surface area (Å²) >= 11 is 6.17. The van der Waals surface area contributed by atoms with Gasteiger partial charge in [0.2, 0.25) is 5.91 Å². The van der Waals surface area contributed by atoms with Crippen molar-refractivity contribution in [3.8, 4) is 5.69 Å². The number of nitrogens with zero attached hydrogens (tertiary/aromatic N) is 5. The number of piperazine rings is 1. The summed E-state index contributed by atoms with van der Waals surface area (Å²) in [5.74, 6) is 0.345. The standard InChI is InChI=1S/C24H32ClN5O2/c1-18(2)23-21(16-26-30(23)20-8-6-7-19(25)15-20)24(32)29-13-11-27(12-14-29)17-22(31)28-9-4-3-5-10-28/h6-8,15-16,18H,3-5,9-14,17H2,1-2H3. The summed E-state index contributed by atoms with van der Waals surface area (Å²) < 4.78 is 1.82. The van der Waals surface area contributed by atoms with Gasteiger partial charge in [-0.15, -0.1) is 0 Å². The molecule has 1 aromatic carbocycles. The van der Waals surface area contributed by atoms with Gasteiger partial charge in [0, 0.05) is 44.3 Å². The van der Waals surface area contributed by atoms with E-state index in [0.717, 1.165) is 37.3 Å². The molecule has 0 aliphatic carbocycles. The first-order valence-electron chi connectivity index (χ1n) is 11.6. The highest BCUT2D eigenvalue weighted by atomic mass is 35.5. The van der Waals surface area contributed by atoms with Crippen molar-refractivity contribution >= 4 is 23.4 Å². The van der Waals surface area contributed by atoms with E-state index >= 15 is 0 Å². The fraction of sp³-hybridized carbons (Fsp3) is 0.542. The number of halogens is 1. The van der Waals surface area contributed by atoms with Crippen molar-refractivity contribution in [2.75, 3.05) is 45.8 Å². The van der Waals surface area contributed by atoms with Gasteiger partial charge in [0.1, 0.15) is 0 Å². The third kappa shape index (κ3) is 4.99. The molecule has 4 rings (SSSR count). The summed E-state index contributed by atoms with van der Waals surface area (Å²) in [4.78, 5) is 32.0. The van der Waals surface area contributed by atoms with Crippen molar-refractivity contribution in [1.82, 2.24) is 24.5 Å². The van der Waals surface area contributed by atoms with Gasteiger partial charge < -0.3 is 9.80 Å². The number of likely N-dealkylation sites (tertiary alicyclic amines) is 1. The van der Waals surface area contributed by atoms with Gasteiger partial charge in [0.25, 0.3) is 5.91 Å². The summed E-state index contributed by atoms with van der Waals surface area (Å²) in [5.41, 5.74) is 2.37. The summed E-state index contributed by atoms with van der Waals surface area (Å²) in [7, 11) is 0. The average Bonchev–Trinajstić information content (AvgIpc) is 3.25. The molecule has 2 saturated heterocycles. The monoisotopic (exact) mass is 457 g/mol. The van der Waals surface area contributed by atoms with Crippen molar-refractivity contribution in [2.24, 2.45) is 0 Å². The molecular weight excluding hydrogens is 426 g/mol. The maximum atomic E-state index is 13.4. The normalized spacial score (nSPS) is 17.8. The van der Waals surface area contributed by atoms with E-state index in [2.05, 4.69) is 23.8 Å². The Morgan fingerprint density at radius 1 is 1.00 bits per heavy atom. The molecule has 0 bridgehead atoms. The minimum absolute atomic E-state index is 0.00369. The highest BCUT2D eigenvalue weighted by molar-refractivity contribution is 6.30. The van der Waals surface area contributed by atoms with Gasteiger partial charge >= 0.3 is 0 Å². The molecule has 0 unspecified atom stereocenters. The molecular formula is C24H32ClN5O2. The van der Waals surface area contributed by atoms with Crippen LogP contribution in [-0.4, -0.2) is 82.1 Å². The van der Waals surface area contributed by atoms with E-state index < -0.39 is 0 Å². The van der Waals surface area contributed by atoms with Crippen LogP contribution in [0.2, 0.25) is 5.02 Å². The number of benzene rings is 1. The van der Waals surface area contributed by atoms with Crippen molar-refractivity contribution in [2.45, 2.75) is 39.0 Å². The first-order valence-corrected chi connectivity index (χ1v) is 11.9. The summed E-state index contributed by atoms with van der Waals surface area (Å²) in [6, 6.07) is 7.50. The van der Waals surface area contributed by atoms with Crippen LogP contribution < -0.4 is 0 Å². The van der Waals surface area contributed by atoms with Crippen molar-refractivity contribution < 1.29 is 9.59 Å². The van der Waals surface area contributed by atoms with Gasteiger partial charge in [0.05, 0.1) is 29.7 Å². The molecule has 1 aromatic heterocycles. The molecule has 32 heavy (non-hydrogen) atoms. The molecule has 2 fully saturated rings. The van der Waals surface area contributed by atoms with Crippen LogP contribution >= 0.6 is 11.6 Å². The second-order valence-corrected chi connectivity index (χ2v) is 9.44. The fourth-order valence-electron chi connectivity index (χ4n) is 4.61. The number of aromatic nitrogens is 2. The Morgan fingerprint density at radius 3 is 2.38 bits per heavy atom. The van der Waals surface area contributed by atoms with Gasteiger partial charge in [-0.1, -0.05) is 31.5 Å². The molecule has 172 valence electrons. The SMILES string of the molecule is CC(C)c1c(C(=O)N2CCN(CC(=O)N3CCCCC3)CC2)cnn1-c1cccc(Cl)c1. The number of amides is 2. The number of hydrogen-bond acceptors (Lipinski definition) is 4. The van der Waals surface area contributed by atoms with Gasteiger partial charge in [-0.3, -0.25) is 14.5 Å². The molecule has 0 N–H and O–H groups in total. The molecule has 2 aliphatic heterocycles. The van der Waals surface area contributed by atoms with Crippen molar-refractivity contribution in [3.63, 3.8) is 0 Å². The zero-order valence-electron chi connectivity index (χ0n) is 19.0. The molecule has 0 atom stereocenters. The number of hydrogen-bond donors (Lipinski definition) is 0. The Labute approximate surface area is 194 Å². The first-order chi connectivity index (χ1) is 15.4. The zero-order chi connectivity index (χ0) is 22.7. The lowest BCUT2D eigenvalue weighted by Crippen LogP contribution is -2.52. The minimum Gasteiger partial charge on any atom is -0.342 e. The Bertz CT molecular complexity index is 959. The second-order valence-electron chi connectivity index (χ2n) is 9.00. The number of carbonyl (C=O) groups is 2. The predicted octanol–water partition coefficient (Wildman–Crippen LogP) is 3.42. The van der Waals surface area contributed by atoms with Gasteiger partial charge in [-0.25, -0.2) is 4.68 Å². The smallest absolute Gasteiger partial charge is 0.257 e. The quantitative estimate of drug-likeness (QED) is 0.690. The summed E-state index contributed by atoms with van der Waals surface area (Å²) in [6.07, 6.45) is 5.10. The third-order valence-electron chi connectivity index (χ3n) is 6.36. The Morgan fingerprint density at radius 2 is 1.72 bits per heavy atom. The number of piperidine rings is 1. The van der Waals surface area contributed by atoms with Crippen LogP contribution in [0.15, 0.2) is 30.5 Å². The van der Waals surface area contributed by atoms with Gasteiger partial charge in [-0.2, -0.15) is 5.10 Å². The van der Waals surface area contributed by atoms with Crippen LogP contribution in [0.5, 0.6) is 0 Å². The van der Waals surface area contributed by atoms with E-state index in [1.807, 2.05) is 38.7 Å². The molecule has 7 nitrogen and oxygen atoms in total. The zero-order valence-corrected chi connectivity index (χ0v) is 19.7. The second kappa shape index (κ2) is 10.0. The van der Waals surface area contributed by atoms with E-state index in [9.17, 15) is 9.59 Å². The Balaban J connectivity index is 1.41. The molecule has 8 heteroatoms. The lowest BCUT2D eigenvalue weighted by Gasteiger charge is -2.36. The Kier molecular flexibility index (Phi) is 7.16. The van der Waals surface area contributed by atoms with Crippen molar-refractivity contribution in [1.29, 1.82) is 0 Å². The topological polar surface area (TPSA) is 61.7 Å². The van der Waals surface area contributed by atoms with Crippen LogP contribution in [0, 0.1) is 0 Å². The van der Waals surface area contributed by atoms with Crippen LogP contribution in [0.25, 0.3) is 5.69 Å². The Hall–Kier alpha value is -2.38. The fourth-order valence-corrected chi connectivity index (χ4v) is 4.79.